The highest BCUT2D eigenvalue weighted by Gasteiger charge is 2.73. The maximum absolute atomic E-state index is 14.2. The average Bonchev–Trinajstić information content (AvgIpc) is 2.95. The molecule has 0 radical (unpaired) electrons. The lowest BCUT2D eigenvalue weighted by Crippen LogP contribution is -2.66. The highest BCUT2D eigenvalue weighted by atomic mass is 16.6. The number of aliphatic hydroxyl groups excluding tert-OH is 1. The molecule has 33 heavy (non-hydrogen) atoms. The van der Waals surface area contributed by atoms with Crippen molar-refractivity contribution in [2.75, 3.05) is 0 Å². The van der Waals surface area contributed by atoms with E-state index in [0.29, 0.717) is 11.8 Å². The summed E-state index contributed by atoms with van der Waals surface area (Å²) in [6, 6.07) is 0. The van der Waals surface area contributed by atoms with Crippen molar-refractivity contribution < 1.29 is 19.4 Å². The molecule has 0 aromatic rings. The third kappa shape index (κ3) is 2.38. The van der Waals surface area contributed by atoms with E-state index in [4.69, 9.17) is 4.74 Å². The Morgan fingerprint density at radius 1 is 0.879 bits per heavy atom. The number of ketones is 1. The van der Waals surface area contributed by atoms with Crippen LogP contribution in [0.4, 0.5) is 0 Å². The van der Waals surface area contributed by atoms with Gasteiger partial charge in [0.2, 0.25) is 0 Å². The Hall–Kier alpha value is -1.16. The molecule has 1 N–H and O–H groups in total. The number of ether oxygens (including phenoxy) is 1. The van der Waals surface area contributed by atoms with E-state index in [-0.39, 0.29) is 45.4 Å². The van der Waals surface area contributed by atoms with Crippen LogP contribution >= 0.6 is 0 Å². The summed E-state index contributed by atoms with van der Waals surface area (Å²) in [5.41, 5.74) is -0.282. The summed E-state index contributed by atoms with van der Waals surface area (Å²) < 4.78 is 6.41. The Morgan fingerprint density at radius 3 is 2.30 bits per heavy atom. The molecular formula is C29H42O4. The SMILES string of the molecule is CC1(C)[C@@H](O)CC[C@]2(C)[C@H]3C(=O)C=C4C(CC[C@@]5(C)CC[C@@]6(C)C[C@@]45OC6=O)[C@]3(C)CC[C@@H]12. The molecular weight excluding hydrogens is 412 g/mol. The molecule has 9 atom stereocenters. The lowest BCUT2D eigenvalue weighted by molar-refractivity contribution is -0.196. The van der Waals surface area contributed by atoms with Gasteiger partial charge in [-0.3, -0.25) is 9.59 Å². The van der Waals surface area contributed by atoms with Gasteiger partial charge in [0, 0.05) is 17.8 Å². The van der Waals surface area contributed by atoms with Gasteiger partial charge >= 0.3 is 5.97 Å². The van der Waals surface area contributed by atoms with Crippen LogP contribution in [0.15, 0.2) is 11.6 Å². The van der Waals surface area contributed by atoms with Crippen LogP contribution < -0.4 is 0 Å². The zero-order valence-electron chi connectivity index (χ0n) is 21.4. The minimum atomic E-state index is -0.594. The van der Waals surface area contributed by atoms with Crippen molar-refractivity contribution in [2.24, 2.45) is 44.8 Å². The fourth-order valence-corrected chi connectivity index (χ4v) is 10.6. The number of carbonyl (C=O) groups is 2. The van der Waals surface area contributed by atoms with E-state index >= 15 is 0 Å². The molecule has 0 aromatic heterocycles. The predicted octanol–water partition coefficient (Wildman–Crippen LogP) is 5.62. The van der Waals surface area contributed by atoms with Crippen molar-refractivity contribution in [3.05, 3.63) is 11.6 Å². The summed E-state index contributed by atoms with van der Waals surface area (Å²) in [5, 5.41) is 10.8. The highest BCUT2D eigenvalue weighted by Crippen LogP contribution is 2.74. The summed E-state index contributed by atoms with van der Waals surface area (Å²) in [4.78, 5) is 27.2. The van der Waals surface area contributed by atoms with E-state index in [1.54, 1.807) is 0 Å². The zero-order chi connectivity index (χ0) is 23.8. The molecule has 1 saturated heterocycles. The van der Waals surface area contributed by atoms with Crippen molar-refractivity contribution in [3.63, 3.8) is 0 Å². The van der Waals surface area contributed by atoms with Gasteiger partial charge in [-0.2, -0.15) is 0 Å². The standard InChI is InChI=1S/C29H42O4/c1-24(2)20-8-11-27(5)17-7-10-26(4)14-13-25(3)16-29(26,33-23(25)32)18(17)15-19(30)22(27)28(20,6)12-9-21(24)31/h15,17,20-22,31H,7-14,16H2,1-6H3/t17?,20-,21-,22-,25-,26-,27-,28-,29+/m0/s1. The molecule has 4 saturated carbocycles. The van der Waals surface area contributed by atoms with Crippen LogP contribution in [0.1, 0.15) is 99.3 Å². The summed E-state index contributed by atoms with van der Waals surface area (Å²) in [5.74, 6) is 0.842. The second-order valence-electron chi connectivity index (χ2n) is 14.5. The smallest absolute Gasteiger partial charge is 0.312 e. The van der Waals surface area contributed by atoms with E-state index in [1.807, 2.05) is 6.08 Å². The van der Waals surface area contributed by atoms with E-state index in [2.05, 4.69) is 41.5 Å². The molecule has 6 rings (SSSR count). The van der Waals surface area contributed by atoms with E-state index in [1.165, 1.54) is 0 Å². The number of hydrogen-bond acceptors (Lipinski definition) is 4. The topological polar surface area (TPSA) is 63.6 Å². The Balaban J connectivity index is 1.49. The van der Waals surface area contributed by atoms with Gasteiger partial charge < -0.3 is 9.84 Å². The van der Waals surface area contributed by atoms with Gasteiger partial charge in [-0.15, -0.1) is 0 Å². The molecule has 4 nitrogen and oxygen atoms in total. The number of carbonyl (C=O) groups excluding carboxylic acids is 2. The number of aliphatic hydroxyl groups is 1. The molecule has 6 aliphatic rings. The maximum Gasteiger partial charge on any atom is 0.312 e. The Morgan fingerprint density at radius 2 is 1.58 bits per heavy atom. The minimum Gasteiger partial charge on any atom is -0.453 e. The fourth-order valence-electron chi connectivity index (χ4n) is 10.6. The molecule has 0 aromatic carbocycles. The first-order chi connectivity index (χ1) is 15.2. The number of hydrogen-bond donors (Lipinski definition) is 1. The highest BCUT2D eigenvalue weighted by molar-refractivity contribution is 5.96. The summed E-state index contributed by atoms with van der Waals surface area (Å²) in [6.45, 7) is 13.5. The quantitative estimate of drug-likeness (QED) is 0.483. The van der Waals surface area contributed by atoms with Crippen molar-refractivity contribution >= 4 is 11.8 Å². The van der Waals surface area contributed by atoms with E-state index < -0.39 is 11.0 Å². The number of allylic oxidation sites excluding steroid dienone is 1. The third-order valence-corrected chi connectivity index (χ3v) is 12.6. The van der Waals surface area contributed by atoms with Crippen molar-refractivity contribution in [2.45, 2.75) is 111 Å². The molecule has 2 bridgehead atoms. The van der Waals surface area contributed by atoms with Crippen LogP contribution in [0.2, 0.25) is 0 Å². The van der Waals surface area contributed by atoms with E-state index in [0.717, 1.165) is 63.4 Å². The number of esters is 1. The van der Waals surface area contributed by atoms with Gasteiger partial charge in [0.1, 0.15) is 5.60 Å². The van der Waals surface area contributed by atoms with Gasteiger partial charge in [-0.05, 0) is 98.0 Å². The molecule has 5 aliphatic carbocycles. The molecule has 0 amide bonds. The Kier molecular flexibility index (Phi) is 4.16. The lowest BCUT2D eigenvalue weighted by Gasteiger charge is -2.67. The van der Waals surface area contributed by atoms with Crippen molar-refractivity contribution in [1.82, 2.24) is 0 Å². The Labute approximate surface area is 198 Å². The molecule has 1 spiro atoms. The molecule has 1 heterocycles. The minimum absolute atomic E-state index is 0.0166. The number of fused-ring (bicyclic) bond motifs is 6. The van der Waals surface area contributed by atoms with Crippen LogP contribution in [0.3, 0.4) is 0 Å². The first-order valence-electron chi connectivity index (χ1n) is 13.4. The van der Waals surface area contributed by atoms with Crippen LogP contribution in [0, 0.1) is 44.8 Å². The molecule has 5 fully saturated rings. The number of rotatable bonds is 0. The maximum atomic E-state index is 14.2. The van der Waals surface area contributed by atoms with Crippen molar-refractivity contribution in [1.29, 1.82) is 0 Å². The molecule has 1 unspecified atom stereocenters. The summed E-state index contributed by atoms with van der Waals surface area (Å²) >= 11 is 0. The van der Waals surface area contributed by atoms with Gasteiger partial charge in [0.05, 0.1) is 11.5 Å². The van der Waals surface area contributed by atoms with Crippen LogP contribution in [0.5, 0.6) is 0 Å². The van der Waals surface area contributed by atoms with Crippen LogP contribution in [-0.2, 0) is 14.3 Å². The Bertz CT molecular complexity index is 980. The van der Waals surface area contributed by atoms with Gasteiger partial charge in [-0.1, -0.05) is 34.6 Å². The summed E-state index contributed by atoms with van der Waals surface area (Å²) in [7, 11) is 0. The van der Waals surface area contributed by atoms with Crippen LogP contribution in [0.25, 0.3) is 0 Å². The van der Waals surface area contributed by atoms with Crippen molar-refractivity contribution in [3.8, 4) is 0 Å². The summed E-state index contributed by atoms with van der Waals surface area (Å²) in [6.07, 6.45) is 10.2. The third-order valence-electron chi connectivity index (χ3n) is 12.6. The van der Waals surface area contributed by atoms with Gasteiger partial charge in [0.15, 0.2) is 5.78 Å². The van der Waals surface area contributed by atoms with E-state index in [9.17, 15) is 14.7 Å². The lowest BCUT2D eigenvalue weighted by atomic mass is 9.36. The second kappa shape index (κ2) is 6.15. The average molecular weight is 455 g/mol. The molecule has 182 valence electrons. The van der Waals surface area contributed by atoms with Gasteiger partial charge in [-0.25, -0.2) is 0 Å². The molecule has 1 aliphatic heterocycles. The first kappa shape index (κ1) is 22.3. The first-order valence-corrected chi connectivity index (χ1v) is 13.4. The normalized spacial score (nSPS) is 56.6. The molecule has 4 heteroatoms. The fraction of sp³-hybridized carbons (Fsp3) is 0.862. The predicted molar refractivity (Wildman–Crippen MR) is 126 cm³/mol. The largest absolute Gasteiger partial charge is 0.453 e. The second-order valence-corrected chi connectivity index (χ2v) is 14.5. The van der Waals surface area contributed by atoms with Crippen LogP contribution in [-0.4, -0.2) is 28.6 Å². The zero-order valence-corrected chi connectivity index (χ0v) is 21.4. The van der Waals surface area contributed by atoms with Gasteiger partial charge in [0.25, 0.3) is 0 Å². The monoisotopic (exact) mass is 454 g/mol.